The maximum atomic E-state index is 12.4. The van der Waals surface area contributed by atoms with Gasteiger partial charge in [-0.2, -0.15) is 0 Å². The van der Waals surface area contributed by atoms with Crippen LogP contribution in [-0.2, 0) is 16.4 Å². The molecule has 0 bridgehead atoms. The van der Waals surface area contributed by atoms with Gasteiger partial charge in [0.2, 0.25) is 0 Å². The van der Waals surface area contributed by atoms with Crippen molar-refractivity contribution in [2.45, 2.75) is 49.6 Å². The first-order valence-corrected chi connectivity index (χ1v) is 9.40. The van der Waals surface area contributed by atoms with Gasteiger partial charge in [0.15, 0.2) is 9.84 Å². The third kappa shape index (κ3) is 4.53. The summed E-state index contributed by atoms with van der Waals surface area (Å²) >= 11 is 0. The Morgan fingerprint density at radius 3 is 2.33 bits per heavy atom. The van der Waals surface area contributed by atoms with Gasteiger partial charge in [0, 0.05) is 19.1 Å². The zero-order valence-corrected chi connectivity index (χ0v) is 13.6. The van der Waals surface area contributed by atoms with Crippen molar-refractivity contribution in [1.29, 1.82) is 0 Å². The molecule has 0 atom stereocenters. The standard InChI is InChI=1S/C16H26N2O2S/c1-18(15-5-3-2-4-6-15)11-12-21(19,20)16-9-7-14(13-17)8-10-16/h7-10,15H,2-6,11-13,17H2,1H3. The van der Waals surface area contributed by atoms with Crippen LogP contribution in [-0.4, -0.2) is 38.7 Å². The van der Waals surface area contributed by atoms with E-state index in [4.69, 9.17) is 5.73 Å². The van der Waals surface area contributed by atoms with Gasteiger partial charge >= 0.3 is 0 Å². The van der Waals surface area contributed by atoms with Crippen LogP contribution in [0.1, 0.15) is 37.7 Å². The fraction of sp³-hybridized carbons (Fsp3) is 0.625. The van der Waals surface area contributed by atoms with E-state index in [0.717, 1.165) is 5.56 Å². The first-order valence-electron chi connectivity index (χ1n) is 7.75. The Balaban J connectivity index is 1.93. The minimum absolute atomic E-state index is 0.183. The molecule has 2 rings (SSSR count). The van der Waals surface area contributed by atoms with Crippen molar-refractivity contribution in [2.75, 3.05) is 19.3 Å². The van der Waals surface area contributed by atoms with Gasteiger partial charge in [-0.05, 0) is 37.6 Å². The summed E-state index contributed by atoms with van der Waals surface area (Å²) in [6.45, 7) is 1.04. The van der Waals surface area contributed by atoms with Crippen molar-refractivity contribution in [3.05, 3.63) is 29.8 Å². The molecule has 0 saturated heterocycles. The average molecular weight is 310 g/mol. The number of benzene rings is 1. The Hall–Kier alpha value is -0.910. The number of rotatable bonds is 6. The van der Waals surface area contributed by atoms with Crippen LogP contribution in [0.3, 0.4) is 0 Å². The molecule has 0 radical (unpaired) electrons. The van der Waals surface area contributed by atoms with E-state index in [1.165, 1.54) is 32.1 Å². The van der Waals surface area contributed by atoms with Crippen LogP contribution >= 0.6 is 0 Å². The minimum Gasteiger partial charge on any atom is -0.326 e. The van der Waals surface area contributed by atoms with E-state index in [0.29, 0.717) is 24.0 Å². The third-order valence-corrected chi connectivity index (χ3v) is 6.14. The second kappa shape index (κ2) is 7.38. The Kier molecular flexibility index (Phi) is 5.79. The summed E-state index contributed by atoms with van der Waals surface area (Å²) in [6.07, 6.45) is 6.24. The SMILES string of the molecule is CN(CCS(=O)(=O)c1ccc(CN)cc1)C1CCCCC1. The lowest BCUT2D eigenvalue weighted by Gasteiger charge is -2.31. The molecular weight excluding hydrogens is 284 g/mol. The first kappa shape index (κ1) is 16.5. The number of hydrogen-bond acceptors (Lipinski definition) is 4. The van der Waals surface area contributed by atoms with Crippen LogP contribution < -0.4 is 5.73 Å². The van der Waals surface area contributed by atoms with E-state index in [2.05, 4.69) is 4.90 Å². The van der Waals surface area contributed by atoms with Crippen LogP contribution in [0.25, 0.3) is 0 Å². The quantitative estimate of drug-likeness (QED) is 0.875. The Morgan fingerprint density at radius 2 is 1.76 bits per heavy atom. The highest BCUT2D eigenvalue weighted by atomic mass is 32.2. The summed E-state index contributed by atoms with van der Waals surface area (Å²) in [5.74, 6) is 0.183. The fourth-order valence-electron chi connectivity index (χ4n) is 2.92. The van der Waals surface area contributed by atoms with Crippen LogP contribution in [0, 0.1) is 0 Å². The highest BCUT2D eigenvalue weighted by Crippen LogP contribution is 2.22. The molecule has 21 heavy (non-hydrogen) atoms. The number of sulfone groups is 1. The first-order chi connectivity index (χ1) is 10.0. The zero-order valence-electron chi connectivity index (χ0n) is 12.8. The highest BCUT2D eigenvalue weighted by molar-refractivity contribution is 7.91. The highest BCUT2D eigenvalue weighted by Gasteiger charge is 2.21. The Morgan fingerprint density at radius 1 is 1.14 bits per heavy atom. The molecule has 1 fully saturated rings. The monoisotopic (exact) mass is 310 g/mol. The van der Waals surface area contributed by atoms with Crippen LogP contribution in [0.4, 0.5) is 0 Å². The molecule has 118 valence electrons. The van der Waals surface area contributed by atoms with Crippen molar-refractivity contribution >= 4 is 9.84 Å². The predicted molar refractivity (Wildman–Crippen MR) is 85.9 cm³/mol. The second-order valence-corrected chi connectivity index (χ2v) is 8.05. The molecule has 0 aliphatic heterocycles. The summed E-state index contributed by atoms with van der Waals surface area (Å²) in [7, 11) is -1.16. The number of hydrogen-bond donors (Lipinski definition) is 1. The smallest absolute Gasteiger partial charge is 0.179 e. The van der Waals surface area contributed by atoms with E-state index >= 15 is 0 Å². The van der Waals surface area contributed by atoms with Crippen molar-refractivity contribution in [1.82, 2.24) is 4.90 Å². The molecule has 0 spiro atoms. The van der Waals surface area contributed by atoms with E-state index in [-0.39, 0.29) is 5.75 Å². The van der Waals surface area contributed by atoms with Crippen LogP contribution in [0.2, 0.25) is 0 Å². The molecule has 0 amide bonds. The molecule has 0 heterocycles. The van der Waals surface area contributed by atoms with Crippen molar-refractivity contribution in [3.8, 4) is 0 Å². The summed E-state index contributed by atoms with van der Waals surface area (Å²) in [5, 5.41) is 0. The molecule has 1 aliphatic carbocycles. The molecule has 1 aromatic rings. The van der Waals surface area contributed by atoms with Crippen LogP contribution in [0.5, 0.6) is 0 Å². The third-order valence-electron chi connectivity index (χ3n) is 4.43. The summed E-state index contributed by atoms with van der Waals surface area (Å²) in [5.41, 5.74) is 6.49. The lowest BCUT2D eigenvalue weighted by Crippen LogP contribution is -2.36. The van der Waals surface area contributed by atoms with Gasteiger partial charge in [0.25, 0.3) is 0 Å². The van der Waals surface area contributed by atoms with Gasteiger partial charge in [0.1, 0.15) is 0 Å². The second-order valence-electron chi connectivity index (χ2n) is 5.94. The molecule has 0 aromatic heterocycles. The predicted octanol–water partition coefficient (Wildman–Crippen LogP) is 2.18. The van der Waals surface area contributed by atoms with Gasteiger partial charge < -0.3 is 10.6 Å². The van der Waals surface area contributed by atoms with E-state index in [9.17, 15) is 8.42 Å². The fourth-order valence-corrected chi connectivity index (χ4v) is 4.23. The topological polar surface area (TPSA) is 63.4 Å². The average Bonchev–Trinajstić information content (AvgIpc) is 2.53. The van der Waals surface area contributed by atoms with Gasteiger partial charge in [0.05, 0.1) is 10.6 Å². The molecule has 1 aromatic carbocycles. The molecular formula is C16H26N2O2S. The Labute approximate surface area is 128 Å². The van der Waals surface area contributed by atoms with E-state index in [1.54, 1.807) is 24.3 Å². The Bertz CT molecular complexity index is 534. The van der Waals surface area contributed by atoms with Crippen molar-refractivity contribution < 1.29 is 8.42 Å². The van der Waals surface area contributed by atoms with Crippen molar-refractivity contribution in [2.24, 2.45) is 5.73 Å². The maximum Gasteiger partial charge on any atom is 0.179 e. The molecule has 1 aliphatic rings. The number of nitrogens with zero attached hydrogens (tertiary/aromatic N) is 1. The molecule has 0 unspecified atom stereocenters. The van der Waals surface area contributed by atoms with Gasteiger partial charge in [-0.25, -0.2) is 8.42 Å². The van der Waals surface area contributed by atoms with Crippen molar-refractivity contribution in [3.63, 3.8) is 0 Å². The maximum absolute atomic E-state index is 12.4. The summed E-state index contributed by atoms with van der Waals surface area (Å²) in [6, 6.07) is 7.46. The molecule has 2 N–H and O–H groups in total. The molecule has 5 heteroatoms. The zero-order chi connectivity index (χ0) is 15.3. The van der Waals surface area contributed by atoms with Gasteiger partial charge in [-0.3, -0.25) is 0 Å². The number of nitrogens with two attached hydrogens (primary N) is 1. The minimum atomic E-state index is -3.20. The lowest BCUT2D eigenvalue weighted by molar-refractivity contribution is 0.201. The van der Waals surface area contributed by atoms with E-state index < -0.39 is 9.84 Å². The summed E-state index contributed by atoms with van der Waals surface area (Å²) < 4.78 is 24.7. The summed E-state index contributed by atoms with van der Waals surface area (Å²) in [4.78, 5) is 2.61. The molecule has 4 nitrogen and oxygen atoms in total. The lowest BCUT2D eigenvalue weighted by atomic mass is 9.94. The molecule has 1 saturated carbocycles. The van der Waals surface area contributed by atoms with Crippen LogP contribution in [0.15, 0.2) is 29.2 Å². The largest absolute Gasteiger partial charge is 0.326 e. The van der Waals surface area contributed by atoms with Gasteiger partial charge in [-0.1, -0.05) is 31.4 Å². The van der Waals surface area contributed by atoms with Gasteiger partial charge in [-0.15, -0.1) is 0 Å². The van der Waals surface area contributed by atoms with E-state index in [1.807, 2.05) is 7.05 Å². The normalized spacial score (nSPS) is 17.3.